The summed E-state index contributed by atoms with van der Waals surface area (Å²) >= 11 is 0. The van der Waals surface area contributed by atoms with Crippen molar-refractivity contribution in [2.45, 2.75) is 32.2 Å². The van der Waals surface area contributed by atoms with Crippen molar-refractivity contribution in [1.82, 2.24) is 19.9 Å². The third-order valence-corrected chi connectivity index (χ3v) is 5.07. The molecule has 19 heavy (non-hydrogen) atoms. The summed E-state index contributed by atoms with van der Waals surface area (Å²) in [6.45, 7) is 1.65. The maximum absolute atomic E-state index is 11.6. The number of nitrogens with zero attached hydrogens (tertiary/aromatic N) is 2. The van der Waals surface area contributed by atoms with Crippen LogP contribution >= 0.6 is 0 Å². The minimum absolute atomic E-state index is 0.0244. The van der Waals surface area contributed by atoms with Crippen LogP contribution in [0.25, 0.3) is 11.0 Å². The van der Waals surface area contributed by atoms with E-state index in [2.05, 4.69) is 19.9 Å². The largest absolute Gasteiger partial charge is 0.261 e. The van der Waals surface area contributed by atoms with Crippen molar-refractivity contribution in [2.75, 3.05) is 5.75 Å². The van der Waals surface area contributed by atoms with Crippen LogP contribution < -0.4 is 4.72 Å². The molecule has 2 aromatic heterocycles. The van der Waals surface area contributed by atoms with E-state index in [4.69, 9.17) is 0 Å². The molecule has 2 N–H and O–H groups in total. The Kier molecular flexibility index (Phi) is 3.02. The minimum Gasteiger partial charge on any atom is -0.261 e. The number of nitrogens with one attached hydrogen (secondary N) is 2. The normalized spacial score (nSPS) is 19.5. The van der Waals surface area contributed by atoms with Crippen molar-refractivity contribution in [3.8, 4) is 0 Å². The minimum atomic E-state index is -3.14. The maximum atomic E-state index is 11.6. The zero-order chi connectivity index (χ0) is 13.5. The van der Waals surface area contributed by atoms with Gasteiger partial charge in [-0.05, 0) is 37.3 Å². The smallest absolute Gasteiger partial charge is 0.211 e. The molecular weight excluding hydrogens is 264 g/mol. The highest BCUT2D eigenvalue weighted by atomic mass is 32.2. The Hall–Kier alpha value is -1.47. The first kappa shape index (κ1) is 12.6. The molecule has 2 aromatic rings. The summed E-state index contributed by atoms with van der Waals surface area (Å²) in [5, 5.41) is 7.91. The Balaban J connectivity index is 1.88. The predicted molar refractivity (Wildman–Crippen MR) is 72.3 cm³/mol. The molecule has 0 radical (unpaired) electrons. The number of aromatic nitrogens is 3. The van der Waals surface area contributed by atoms with Crippen LogP contribution in [-0.2, 0) is 22.9 Å². The van der Waals surface area contributed by atoms with Gasteiger partial charge in [-0.15, -0.1) is 0 Å². The zero-order valence-electron chi connectivity index (χ0n) is 10.7. The Morgan fingerprint density at radius 3 is 3.11 bits per heavy atom. The summed E-state index contributed by atoms with van der Waals surface area (Å²) in [5.74, 6) is 0.120. The summed E-state index contributed by atoms with van der Waals surface area (Å²) in [7, 11) is -3.14. The van der Waals surface area contributed by atoms with Gasteiger partial charge in [-0.25, -0.2) is 18.1 Å². The van der Waals surface area contributed by atoms with E-state index >= 15 is 0 Å². The Morgan fingerprint density at radius 1 is 1.47 bits per heavy atom. The topological polar surface area (TPSA) is 87.7 Å². The Labute approximate surface area is 111 Å². The van der Waals surface area contributed by atoms with Crippen LogP contribution in [0.2, 0.25) is 0 Å². The highest BCUT2D eigenvalue weighted by molar-refractivity contribution is 7.89. The molecule has 0 amide bonds. The average Bonchev–Trinajstić information content (AvgIpc) is 2.86. The third-order valence-electron chi connectivity index (χ3n) is 3.62. The lowest BCUT2D eigenvalue weighted by atomic mass is 9.88. The lowest BCUT2D eigenvalue weighted by Crippen LogP contribution is -2.39. The fourth-order valence-corrected chi connectivity index (χ4v) is 3.46. The molecule has 1 aliphatic rings. The monoisotopic (exact) mass is 280 g/mol. The van der Waals surface area contributed by atoms with E-state index in [0.29, 0.717) is 6.42 Å². The van der Waals surface area contributed by atoms with Crippen molar-refractivity contribution >= 4 is 21.1 Å². The number of fused-ring (bicyclic) bond motifs is 3. The predicted octanol–water partition coefficient (Wildman–Crippen LogP) is 0.754. The first-order valence-corrected chi connectivity index (χ1v) is 8.04. The van der Waals surface area contributed by atoms with Crippen molar-refractivity contribution in [1.29, 1.82) is 0 Å². The molecule has 0 bridgehead atoms. The molecule has 102 valence electrons. The summed E-state index contributed by atoms with van der Waals surface area (Å²) in [4.78, 5) is 4.31. The first-order chi connectivity index (χ1) is 9.09. The van der Waals surface area contributed by atoms with Crippen molar-refractivity contribution in [3.05, 3.63) is 23.5 Å². The molecule has 0 aromatic carbocycles. The summed E-state index contributed by atoms with van der Waals surface area (Å²) < 4.78 is 26.0. The second-order valence-corrected chi connectivity index (χ2v) is 6.90. The molecule has 0 saturated heterocycles. The van der Waals surface area contributed by atoms with Crippen LogP contribution in [0.15, 0.2) is 12.4 Å². The molecule has 0 spiro atoms. The first-order valence-electron chi connectivity index (χ1n) is 6.39. The van der Waals surface area contributed by atoms with Crippen molar-refractivity contribution in [3.63, 3.8) is 0 Å². The van der Waals surface area contributed by atoms with E-state index in [1.54, 1.807) is 13.1 Å². The number of hydrogen-bond acceptors (Lipinski definition) is 4. The number of H-pyrrole nitrogens is 1. The molecule has 2 heterocycles. The van der Waals surface area contributed by atoms with Crippen LogP contribution in [0, 0.1) is 0 Å². The number of pyridine rings is 1. The highest BCUT2D eigenvalue weighted by Crippen LogP contribution is 2.26. The molecular formula is C12H16N4O2S. The van der Waals surface area contributed by atoms with E-state index in [9.17, 15) is 8.42 Å². The summed E-state index contributed by atoms with van der Waals surface area (Å²) in [6, 6.07) is -0.0244. The van der Waals surface area contributed by atoms with Crippen LogP contribution in [0.3, 0.4) is 0 Å². The van der Waals surface area contributed by atoms with E-state index in [1.807, 2.05) is 6.20 Å². The van der Waals surface area contributed by atoms with E-state index in [1.165, 1.54) is 5.56 Å². The average molecular weight is 280 g/mol. The van der Waals surface area contributed by atoms with Crippen molar-refractivity contribution in [2.24, 2.45) is 0 Å². The molecule has 0 fully saturated rings. The fraction of sp³-hybridized carbons (Fsp3) is 0.500. The molecule has 7 heteroatoms. The van der Waals surface area contributed by atoms with E-state index in [-0.39, 0.29) is 11.8 Å². The Morgan fingerprint density at radius 2 is 2.32 bits per heavy atom. The fourth-order valence-electron chi connectivity index (χ4n) is 2.59. The molecule has 0 aliphatic heterocycles. The quantitative estimate of drug-likeness (QED) is 0.868. The van der Waals surface area contributed by atoms with Crippen LogP contribution in [0.5, 0.6) is 0 Å². The van der Waals surface area contributed by atoms with Crippen molar-refractivity contribution < 1.29 is 8.42 Å². The van der Waals surface area contributed by atoms with Crippen LogP contribution in [-0.4, -0.2) is 35.4 Å². The van der Waals surface area contributed by atoms with Gasteiger partial charge in [0, 0.05) is 17.6 Å². The summed E-state index contributed by atoms with van der Waals surface area (Å²) in [5.41, 5.74) is 3.15. The molecule has 3 rings (SSSR count). The number of hydrogen-bond donors (Lipinski definition) is 2. The van der Waals surface area contributed by atoms with Gasteiger partial charge in [0.2, 0.25) is 10.0 Å². The number of aryl methyl sites for hydroxylation is 1. The van der Waals surface area contributed by atoms with Gasteiger partial charge in [0.15, 0.2) is 5.65 Å². The van der Waals surface area contributed by atoms with E-state index < -0.39 is 10.0 Å². The molecule has 1 aliphatic carbocycles. The highest BCUT2D eigenvalue weighted by Gasteiger charge is 2.24. The van der Waals surface area contributed by atoms with E-state index in [0.717, 1.165) is 29.4 Å². The van der Waals surface area contributed by atoms with Gasteiger partial charge in [0.25, 0.3) is 0 Å². The second kappa shape index (κ2) is 4.57. The van der Waals surface area contributed by atoms with Crippen LogP contribution in [0.1, 0.15) is 24.5 Å². The van der Waals surface area contributed by atoms with Crippen LogP contribution in [0.4, 0.5) is 0 Å². The van der Waals surface area contributed by atoms with Gasteiger partial charge >= 0.3 is 0 Å². The lowest BCUT2D eigenvalue weighted by Gasteiger charge is -2.25. The molecule has 1 unspecified atom stereocenters. The van der Waals surface area contributed by atoms with Gasteiger partial charge in [0.1, 0.15) is 0 Å². The Bertz CT molecular complexity index is 708. The van der Waals surface area contributed by atoms with Gasteiger partial charge in [-0.2, -0.15) is 5.10 Å². The van der Waals surface area contributed by atoms with Gasteiger partial charge < -0.3 is 0 Å². The maximum Gasteiger partial charge on any atom is 0.211 e. The number of sulfonamides is 1. The third kappa shape index (κ3) is 2.35. The second-order valence-electron chi connectivity index (χ2n) is 4.86. The SMILES string of the molecule is CCS(=O)(=O)NC1CCc2c(cnc3[nH]ncc23)C1. The standard InChI is InChI=1S/C12H16N4O2S/c1-2-19(17,18)16-9-3-4-10-8(5-9)6-13-12-11(10)7-14-15-12/h6-7,9,16H,2-5H2,1H3,(H,13,14,15). The number of aromatic amines is 1. The molecule has 1 atom stereocenters. The van der Waals surface area contributed by atoms with Gasteiger partial charge in [0.05, 0.1) is 11.9 Å². The number of rotatable bonds is 3. The van der Waals surface area contributed by atoms with Gasteiger partial charge in [-0.3, -0.25) is 5.10 Å². The lowest BCUT2D eigenvalue weighted by molar-refractivity contribution is 0.509. The van der Waals surface area contributed by atoms with Gasteiger partial charge in [-0.1, -0.05) is 0 Å². The zero-order valence-corrected chi connectivity index (χ0v) is 11.5. The molecule has 6 nitrogen and oxygen atoms in total. The molecule has 0 saturated carbocycles. The summed E-state index contributed by atoms with van der Waals surface area (Å²) in [6.07, 6.45) is 5.98.